The number of benzene rings is 2. The second kappa shape index (κ2) is 8.17. The number of nitrogens with zero attached hydrogens (tertiary/aromatic N) is 1. The van der Waals surface area contributed by atoms with Crippen molar-refractivity contribution in [1.82, 2.24) is 4.57 Å². The zero-order valence-corrected chi connectivity index (χ0v) is 16.5. The van der Waals surface area contributed by atoms with E-state index in [4.69, 9.17) is 9.47 Å². The lowest BCUT2D eigenvalue weighted by Crippen LogP contribution is -2.24. The van der Waals surface area contributed by atoms with Crippen molar-refractivity contribution >= 4 is 22.5 Å². The first-order chi connectivity index (χ1) is 13.4. The van der Waals surface area contributed by atoms with E-state index in [9.17, 15) is 9.59 Å². The van der Waals surface area contributed by atoms with Crippen LogP contribution in [0.3, 0.4) is 0 Å². The highest BCUT2D eigenvalue weighted by atomic mass is 16.5. The largest absolute Gasteiger partial charge is 0.497 e. The molecule has 0 spiro atoms. The zero-order chi connectivity index (χ0) is 20.3. The van der Waals surface area contributed by atoms with Crippen LogP contribution in [0.15, 0.2) is 47.3 Å². The van der Waals surface area contributed by atoms with Crippen molar-refractivity contribution in [2.45, 2.75) is 26.8 Å². The number of carbonyl (C=O) groups excluding carboxylic acids is 1. The maximum absolute atomic E-state index is 12.6. The number of amides is 1. The van der Waals surface area contributed by atoms with Gasteiger partial charge in [0.15, 0.2) is 0 Å². The second-order valence-electron chi connectivity index (χ2n) is 6.65. The Bertz CT molecular complexity index is 1090. The van der Waals surface area contributed by atoms with E-state index >= 15 is 0 Å². The quantitative estimate of drug-likeness (QED) is 0.708. The van der Waals surface area contributed by atoms with Crippen LogP contribution in [0.1, 0.15) is 17.5 Å². The lowest BCUT2D eigenvalue weighted by atomic mass is 10.1. The van der Waals surface area contributed by atoms with Gasteiger partial charge in [-0.25, -0.2) is 0 Å². The van der Waals surface area contributed by atoms with Gasteiger partial charge in [-0.15, -0.1) is 0 Å². The first kappa shape index (κ1) is 19.5. The van der Waals surface area contributed by atoms with Crippen LogP contribution in [0, 0.1) is 13.8 Å². The van der Waals surface area contributed by atoms with Crippen LogP contribution in [0.5, 0.6) is 11.5 Å². The van der Waals surface area contributed by atoms with E-state index in [1.807, 2.05) is 32.0 Å². The molecule has 6 heteroatoms. The molecule has 3 aromatic rings. The average Bonchev–Trinajstić information content (AvgIpc) is 2.68. The number of hydrogen-bond acceptors (Lipinski definition) is 4. The highest BCUT2D eigenvalue weighted by Crippen LogP contribution is 2.29. The Morgan fingerprint density at radius 2 is 1.82 bits per heavy atom. The lowest BCUT2D eigenvalue weighted by molar-refractivity contribution is -0.116. The number of hydrogen-bond donors (Lipinski definition) is 1. The van der Waals surface area contributed by atoms with Gasteiger partial charge in [-0.1, -0.05) is 18.2 Å². The van der Waals surface area contributed by atoms with Gasteiger partial charge in [0.25, 0.3) is 5.56 Å². The summed E-state index contributed by atoms with van der Waals surface area (Å²) in [5.74, 6) is 0.955. The molecule has 146 valence electrons. The van der Waals surface area contributed by atoms with Crippen molar-refractivity contribution in [3.63, 3.8) is 0 Å². The third-order valence-corrected chi connectivity index (χ3v) is 4.78. The summed E-state index contributed by atoms with van der Waals surface area (Å²) in [5, 5.41) is 3.86. The number of fused-ring (bicyclic) bond motifs is 1. The number of aryl methyl sites for hydroxylation is 3. The molecule has 1 heterocycles. The first-order valence-electron chi connectivity index (χ1n) is 9.06. The maximum atomic E-state index is 12.6. The fourth-order valence-corrected chi connectivity index (χ4v) is 3.35. The average molecular weight is 380 g/mol. The van der Waals surface area contributed by atoms with Gasteiger partial charge < -0.3 is 19.4 Å². The van der Waals surface area contributed by atoms with Gasteiger partial charge in [0.2, 0.25) is 5.91 Å². The van der Waals surface area contributed by atoms with Gasteiger partial charge in [-0.3, -0.25) is 9.59 Å². The number of para-hydroxylation sites is 1. The van der Waals surface area contributed by atoms with Crippen LogP contribution < -0.4 is 20.3 Å². The van der Waals surface area contributed by atoms with Gasteiger partial charge in [-0.05, 0) is 37.1 Å². The summed E-state index contributed by atoms with van der Waals surface area (Å²) in [6.07, 6.45) is 0.159. The van der Waals surface area contributed by atoms with E-state index in [-0.39, 0.29) is 17.9 Å². The molecule has 1 aromatic heterocycles. The summed E-state index contributed by atoms with van der Waals surface area (Å²) < 4.78 is 12.2. The normalized spacial score (nSPS) is 10.7. The molecule has 0 aliphatic rings. The SMILES string of the molecule is COc1ccc(OC)c(NC(=O)CCn2c(=O)cc(C)c3cccc(C)c32)c1. The predicted molar refractivity (Wildman–Crippen MR) is 110 cm³/mol. The van der Waals surface area contributed by atoms with Crippen LogP contribution >= 0.6 is 0 Å². The third-order valence-electron chi connectivity index (χ3n) is 4.78. The topological polar surface area (TPSA) is 69.6 Å². The molecule has 6 nitrogen and oxygen atoms in total. The number of ether oxygens (including phenoxy) is 2. The molecule has 3 rings (SSSR count). The molecule has 2 aromatic carbocycles. The fraction of sp³-hybridized carbons (Fsp3) is 0.273. The highest BCUT2D eigenvalue weighted by Gasteiger charge is 2.12. The summed E-state index contributed by atoms with van der Waals surface area (Å²) in [6.45, 7) is 4.19. The monoisotopic (exact) mass is 380 g/mol. The molecular formula is C22H24N2O4. The minimum Gasteiger partial charge on any atom is -0.497 e. The summed E-state index contributed by atoms with van der Waals surface area (Å²) in [4.78, 5) is 25.1. The molecule has 0 aliphatic carbocycles. The number of pyridine rings is 1. The summed E-state index contributed by atoms with van der Waals surface area (Å²) in [5.41, 5.74) is 3.24. The smallest absolute Gasteiger partial charge is 0.251 e. The van der Waals surface area contributed by atoms with Crippen LogP contribution in [0.25, 0.3) is 10.9 Å². The molecule has 28 heavy (non-hydrogen) atoms. The van der Waals surface area contributed by atoms with E-state index in [0.29, 0.717) is 23.7 Å². The number of rotatable bonds is 6. The van der Waals surface area contributed by atoms with Crippen LogP contribution in [0.2, 0.25) is 0 Å². The zero-order valence-electron chi connectivity index (χ0n) is 16.5. The summed E-state index contributed by atoms with van der Waals surface area (Å²) >= 11 is 0. The van der Waals surface area contributed by atoms with Gasteiger partial charge >= 0.3 is 0 Å². The first-order valence-corrected chi connectivity index (χ1v) is 9.06. The lowest BCUT2D eigenvalue weighted by Gasteiger charge is -2.15. The molecular weight excluding hydrogens is 356 g/mol. The predicted octanol–water partition coefficient (Wildman–Crippen LogP) is 3.66. The Hall–Kier alpha value is -3.28. The molecule has 0 saturated carbocycles. The molecule has 0 saturated heterocycles. The van der Waals surface area contributed by atoms with Crippen molar-refractivity contribution in [3.8, 4) is 11.5 Å². The van der Waals surface area contributed by atoms with E-state index in [0.717, 1.165) is 22.0 Å². The Kier molecular flexibility index (Phi) is 5.68. The Morgan fingerprint density at radius 1 is 1.04 bits per heavy atom. The standard InChI is InChI=1S/C22H24N2O4/c1-14-6-5-7-17-15(2)12-21(26)24(22(14)17)11-10-20(25)23-18-13-16(27-3)8-9-19(18)28-4/h5-9,12-13H,10-11H2,1-4H3,(H,23,25). The minimum atomic E-state index is -0.208. The second-order valence-corrected chi connectivity index (χ2v) is 6.65. The summed E-state index contributed by atoms with van der Waals surface area (Å²) in [7, 11) is 3.10. The van der Waals surface area contributed by atoms with Crippen molar-refractivity contribution in [1.29, 1.82) is 0 Å². The van der Waals surface area contributed by atoms with E-state index < -0.39 is 0 Å². The molecule has 1 N–H and O–H groups in total. The molecule has 0 aliphatic heterocycles. The number of nitrogens with one attached hydrogen (secondary N) is 1. The number of anilines is 1. The highest BCUT2D eigenvalue weighted by molar-refractivity contribution is 5.92. The Labute approximate surface area is 163 Å². The van der Waals surface area contributed by atoms with E-state index in [2.05, 4.69) is 5.32 Å². The van der Waals surface area contributed by atoms with Crippen molar-refractivity contribution < 1.29 is 14.3 Å². The molecule has 0 radical (unpaired) electrons. The fourth-order valence-electron chi connectivity index (χ4n) is 3.35. The van der Waals surface area contributed by atoms with Crippen molar-refractivity contribution in [3.05, 3.63) is 63.9 Å². The van der Waals surface area contributed by atoms with Crippen LogP contribution in [-0.4, -0.2) is 24.7 Å². The molecule has 0 bridgehead atoms. The van der Waals surface area contributed by atoms with Gasteiger partial charge in [0, 0.05) is 30.5 Å². The minimum absolute atomic E-state index is 0.105. The van der Waals surface area contributed by atoms with Gasteiger partial charge in [0.1, 0.15) is 11.5 Å². The van der Waals surface area contributed by atoms with Crippen molar-refractivity contribution in [2.24, 2.45) is 0 Å². The van der Waals surface area contributed by atoms with Crippen LogP contribution in [-0.2, 0) is 11.3 Å². The van der Waals surface area contributed by atoms with Crippen LogP contribution in [0.4, 0.5) is 5.69 Å². The number of carbonyl (C=O) groups is 1. The summed E-state index contributed by atoms with van der Waals surface area (Å²) in [6, 6.07) is 12.7. The van der Waals surface area contributed by atoms with Gasteiger partial charge in [-0.2, -0.15) is 0 Å². The van der Waals surface area contributed by atoms with Crippen molar-refractivity contribution in [2.75, 3.05) is 19.5 Å². The maximum Gasteiger partial charge on any atom is 0.251 e. The Morgan fingerprint density at radius 3 is 2.54 bits per heavy atom. The van der Waals surface area contributed by atoms with Gasteiger partial charge in [0.05, 0.1) is 25.4 Å². The third kappa shape index (κ3) is 3.86. The molecule has 0 atom stereocenters. The molecule has 0 unspecified atom stereocenters. The molecule has 0 fully saturated rings. The number of methoxy groups -OCH3 is 2. The Balaban J connectivity index is 1.84. The number of aromatic nitrogens is 1. The van der Waals surface area contributed by atoms with E-state index in [1.54, 1.807) is 35.9 Å². The molecule has 1 amide bonds. The van der Waals surface area contributed by atoms with E-state index in [1.165, 1.54) is 7.11 Å².